The van der Waals surface area contributed by atoms with Crippen molar-refractivity contribution >= 4 is 55.4 Å². The minimum Gasteiger partial charge on any atom is -0.456 e. The Labute approximate surface area is 396 Å². The summed E-state index contributed by atoms with van der Waals surface area (Å²) in [6.07, 6.45) is 3.69. The first-order valence-corrected chi connectivity index (χ1v) is 24.1. The third-order valence-corrected chi connectivity index (χ3v) is 14.7. The van der Waals surface area contributed by atoms with Crippen LogP contribution in [0.1, 0.15) is 77.4 Å². The number of hydrogen-bond acceptors (Lipinski definition) is 4. The highest BCUT2D eigenvalue weighted by atomic mass is 16.3. The molecule has 0 saturated carbocycles. The summed E-state index contributed by atoms with van der Waals surface area (Å²) in [6, 6.07) is 74.4. The number of aliphatic imine (C=N–C) groups is 2. The predicted molar refractivity (Wildman–Crippen MR) is 281 cm³/mol. The van der Waals surface area contributed by atoms with E-state index in [2.05, 4.69) is 201 Å². The molecule has 4 heteroatoms. The predicted octanol–water partition coefficient (Wildman–Crippen LogP) is 17.1. The maximum atomic E-state index is 6.66. The Kier molecular flexibility index (Phi) is 9.85. The summed E-state index contributed by atoms with van der Waals surface area (Å²) < 4.78 is 12.9. The molecule has 68 heavy (non-hydrogen) atoms. The van der Waals surface area contributed by atoms with Crippen molar-refractivity contribution in [3.63, 3.8) is 0 Å². The van der Waals surface area contributed by atoms with Crippen LogP contribution in [0.5, 0.6) is 0 Å². The number of fused-ring (bicyclic) bond motifs is 9. The van der Waals surface area contributed by atoms with Gasteiger partial charge in [-0.25, -0.2) is 4.99 Å². The van der Waals surface area contributed by atoms with Crippen LogP contribution < -0.4 is 0 Å². The Hall–Kier alpha value is -8.08. The van der Waals surface area contributed by atoms with Crippen LogP contribution in [0, 0.1) is 0 Å². The third kappa shape index (κ3) is 7.07. The summed E-state index contributed by atoms with van der Waals surface area (Å²) in [7, 11) is 0. The van der Waals surface area contributed by atoms with Crippen molar-refractivity contribution in [1.82, 2.24) is 0 Å². The fourth-order valence-electron chi connectivity index (χ4n) is 11.2. The molecule has 13 rings (SSSR count). The number of amidine groups is 1. The van der Waals surface area contributed by atoms with Crippen molar-refractivity contribution in [2.24, 2.45) is 9.98 Å². The summed E-state index contributed by atoms with van der Waals surface area (Å²) in [5, 5.41) is 4.38. The van der Waals surface area contributed by atoms with Crippen molar-refractivity contribution in [2.45, 2.75) is 50.5 Å². The number of benzene rings is 9. The number of nitrogens with zero attached hydrogens (tertiary/aromatic N) is 2. The summed E-state index contributed by atoms with van der Waals surface area (Å²) in [5.74, 6) is 1.47. The Bertz CT molecular complexity index is 3760. The number of para-hydroxylation sites is 1. The molecule has 0 N–H and O–H groups in total. The first kappa shape index (κ1) is 40.2. The van der Waals surface area contributed by atoms with Gasteiger partial charge >= 0.3 is 0 Å². The van der Waals surface area contributed by atoms with Crippen LogP contribution in [-0.2, 0) is 6.42 Å². The van der Waals surface area contributed by atoms with Gasteiger partial charge in [0.25, 0.3) is 0 Å². The first-order chi connectivity index (χ1) is 33.6. The normalized spacial score (nSPS) is 18.8. The Morgan fingerprint density at radius 3 is 2.00 bits per heavy atom. The van der Waals surface area contributed by atoms with E-state index in [9.17, 15) is 0 Å². The lowest BCUT2D eigenvalue weighted by Crippen LogP contribution is -2.13. The zero-order valence-electron chi connectivity index (χ0n) is 37.9. The summed E-state index contributed by atoms with van der Waals surface area (Å²) in [4.78, 5) is 11.1. The van der Waals surface area contributed by atoms with Crippen molar-refractivity contribution in [3.05, 3.63) is 240 Å². The van der Waals surface area contributed by atoms with Gasteiger partial charge in [-0.15, -0.1) is 0 Å². The van der Waals surface area contributed by atoms with Crippen molar-refractivity contribution in [2.75, 3.05) is 0 Å². The summed E-state index contributed by atoms with van der Waals surface area (Å²) >= 11 is 0. The Morgan fingerprint density at radius 2 is 1.12 bits per heavy atom. The molecule has 2 aromatic heterocycles. The average Bonchev–Trinajstić information content (AvgIpc) is 3.93. The fourth-order valence-corrected chi connectivity index (χ4v) is 11.2. The van der Waals surface area contributed by atoms with Gasteiger partial charge in [0.15, 0.2) is 5.84 Å². The van der Waals surface area contributed by atoms with E-state index < -0.39 is 0 Å². The molecule has 1 aliphatic heterocycles. The monoisotopic (exact) mass is 876 g/mol. The van der Waals surface area contributed by atoms with Crippen LogP contribution in [0.3, 0.4) is 0 Å². The largest absolute Gasteiger partial charge is 0.456 e. The van der Waals surface area contributed by atoms with Crippen LogP contribution in [-0.4, -0.2) is 11.5 Å². The molecule has 9 aromatic carbocycles. The average molecular weight is 877 g/mol. The molecule has 0 spiro atoms. The van der Waals surface area contributed by atoms with Crippen LogP contribution in [0.4, 0.5) is 0 Å². The van der Waals surface area contributed by atoms with Crippen LogP contribution in [0.2, 0.25) is 0 Å². The number of hydrogen-bond donors (Lipinski definition) is 0. The van der Waals surface area contributed by atoms with Crippen molar-refractivity contribution in [3.8, 4) is 33.4 Å². The van der Waals surface area contributed by atoms with E-state index in [0.717, 1.165) is 109 Å². The first-order valence-electron chi connectivity index (χ1n) is 24.1. The molecule has 4 nitrogen and oxygen atoms in total. The van der Waals surface area contributed by atoms with Gasteiger partial charge in [-0.1, -0.05) is 177 Å². The van der Waals surface area contributed by atoms with E-state index in [0.29, 0.717) is 11.8 Å². The van der Waals surface area contributed by atoms with Gasteiger partial charge in [0.05, 0.1) is 11.8 Å². The fraction of sp³-hybridized carbons (Fsp3) is 0.125. The number of rotatable bonds is 6. The van der Waals surface area contributed by atoms with Gasteiger partial charge in [0.1, 0.15) is 22.3 Å². The molecule has 3 atom stereocenters. The Balaban J connectivity index is 0.905. The molecular weight excluding hydrogens is 829 g/mol. The second-order valence-electron chi connectivity index (χ2n) is 18.7. The highest BCUT2D eigenvalue weighted by molar-refractivity contribution is 6.22. The lowest BCUT2D eigenvalue weighted by Gasteiger charge is -2.24. The minimum absolute atomic E-state index is 0.0749. The maximum Gasteiger partial charge on any atom is 0.156 e. The molecule has 0 bridgehead atoms. The molecule has 2 aliphatic rings. The quantitative estimate of drug-likeness (QED) is 0.167. The van der Waals surface area contributed by atoms with Crippen molar-refractivity contribution in [1.29, 1.82) is 0 Å². The molecule has 0 radical (unpaired) electrons. The van der Waals surface area contributed by atoms with Gasteiger partial charge in [-0.2, -0.15) is 0 Å². The van der Waals surface area contributed by atoms with Crippen LogP contribution >= 0.6 is 0 Å². The SMILES string of the molecule is CC1c2ccccc2-c2ccc(-c3ccc4oc5cccc(C6=N/C(c7ccc(-c8ccc9c(c8)oc8ccccc89)cc7)CCC/C(c7ccccc7)=N\6)c5c4c3)cc2CC1c1ccccc1. The molecule has 11 aromatic rings. The molecule has 326 valence electrons. The van der Waals surface area contributed by atoms with E-state index in [-0.39, 0.29) is 6.04 Å². The molecule has 3 unspecified atom stereocenters. The van der Waals surface area contributed by atoms with Gasteiger partial charge in [-0.05, 0) is 135 Å². The highest BCUT2D eigenvalue weighted by Crippen LogP contribution is 2.46. The van der Waals surface area contributed by atoms with E-state index in [1.165, 1.54) is 38.9 Å². The van der Waals surface area contributed by atoms with Crippen molar-refractivity contribution < 1.29 is 8.83 Å². The van der Waals surface area contributed by atoms with E-state index in [1.54, 1.807) is 0 Å². The van der Waals surface area contributed by atoms with Crippen LogP contribution in [0.25, 0.3) is 77.3 Å². The topological polar surface area (TPSA) is 51.0 Å². The van der Waals surface area contributed by atoms with Gasteiger partial charge in [0, 0.05) is 27.1 Å². The van der Waals surface area contributed by atoms with Gasteiger partial charge in [0.2, 0.25) is 0 Å². The van der Waals surface area contributed by atoms with E-state index in [4.69, 9.17) is 18.8 Å². The zero-order valence-corrected chi connectivity index (χ0v) is 37.9. The zero-order chi connectivity index (χ0) is 45.1. The molecule has 0 saturated heterocycles. The molecule has 0 amide bonds. The third-order valence-electron chi connectivity index (χ3n) is 14.7. The lowest BCUT2D eigenvalue weighted by atomic mass is 9.80. The minimum atomic E-state index is -0.0749. The lowest BCUT2D eigenvalue weighted by molar-refractivity contribution is 0.579. The molecular formula is C64H48N2O2. The standard InChI is InChI=1S/C64H48N2O2/c1-40-49-18-8-9-19-51(49)50-33-30-45(36-48(50)38-55(40)42-14-4-2-5-15-42)46-32-35-60-56(37-46)63-54(21-12-25-61(63)67-60)64-65-57(43-16-6-3-7-17-43)22-13-23-58(66-64)44-28-26-41(27-29-44)47-31-34-53-52-20-10-11-24-59(52)68-62(53)39-47/h2-12,14-21,24-37,39-40,55,58H,13,22-23,38H2,1H3/b65-57+,66-64-. The van der Waals surface area contributed by atoms with E-state index >= 15 is 0 Å². The number of furan rings is 2. The summed E-state index contributed by atoms with van der Waals surface area (Å²) in [5.41, 5.74) is 19.3. The molecule has 1 aliphatic carbocycles. The van der Waals surface area contributed by atoms with Gasteiger partial charge < -0.3 is 8.83 Å². The van der Waals surface area contributed by atoms with Crippen LogP contribution in [0.15, 0.2) is 225 Å². The smallest absolute Gasteiger partial charge is 0.156 e. The summed E-state index contributed by atoms with van der Waals surface area (Å²) in [6.45, 7) is 2.40. The van der Waals surface area contributed by atoms with E-state index in [1.807, 2.05) is 12.1 Å². The molecule has 0 fully saturated rings. The second kappa shape index (κ2) is 16.7. The Morgan fingerprint density at radius 1 is 0.456 bits per heavy atom. The second-order valence-corrected chi connectivity index (χ2v) is 18.7. The maximum absolute atomic E-state index is 6.66. The van der Waals surface area contributed by atoms with Gasteiger partial charge in [-0.3, -0.25) is 4.99 Å². The molecule has 3 heterocycles. The highest BCUT2D eigenvalue weighted by Gasteiger charge is 2.29.